The molecule has 0 aliphatic rings. The van der Waals surface area contributed by atoms with Gasteiger partial charge in [0.05, 0.1) is 11.6 Å². The van der Waals surface area contributed by atoms with E-state index >= 15 is 0 Å². The summed E-state index contributed by atoms with van der Waals surface area (Å²) in [5.74, 6) is 0.634. The number of hydrogen-bond donors (Lipinski definition) is 0. The van der Waals surface area contributed by atoms with Crippen molar-refractivity contribution >= 4 is 34.2 Å². The molecular weight excluding hydrogens is 327 g/mol. The summed E-state index contributed by atoms with van der Waals surface area (Å²) < 4.78 is 1.000. The van der Waals surface area contributed by atoms with Crippen molar-refractivity contribution in [3.8, 4) is 6.07 Å². The molecule has 0 saturated carbocycles. The Kier molecular flexibility index (Phi) is 3.54. The summed E-state index contributed by atoms with van der Waals surface area (Å²) >= 11 is 2.16. The Bertz CT molecular complexity index is 542. The van der Waals surface area contributed by atoms with E-state index in [4.69, 9.17) is 5.26 Å². The predicted molar refractivity (Wildman–Crippen MR) is 74.0 cm³/mol. The molecule has 84 valence electrons. The van der Waals surface area contributed by atoms with Gasteiger partial charge in [0.2, 0.25) is 5.95 Å². The zero-order chi connectivity index (χ0) is 12.3. The Balaban J connectivity index is 2.27. The van der Waals surface area contributed by atoms with Crippen molar-refractivity contribution in [3.05, 3.63) is 45.8 Å². The molecule has 0 spiro atoms. The highest BCUT2D eigenvalue weighted by Gasteiger charge is 2.06. The Labute approximate surface area is 113 Å². The van der Waals surface area contributed by atoms with Crippen LogP contribution < -0.4 is 4.90 Å². The lowest BCUT2D eigenvalue weighted by Crippen LogP contribution is -2.12. The fraction of sp³-hybridized carbons (Fsp3) is 0.0833. The van der Waals surface area contributed by atoms with Gasteiger partial charge in [-0.25, -0.2) is 9.97 Å². The predicted octanol–water partition coefficient (Wildman–Crippen LogP) is 2.72. The van der Waals surface area contributed by atoms with Crippen LogP contribution in [0.15, 0.2) is 36.7 Å². The van der Waals surface area contributed by atoms with Crippen molar-refractivity contribution < 1.29 is 0 Å². The number of nitriles is 1. The highest BCUT2D eigenvalue weighted by Crippen LogP contribution is 2.20. The van der Waals surface area contributed by atoms with Gasteiger partial charge in [0, 0.05) is 28.7 Å². The fourth-order valence-electron chi connectivity index (χ4n) is 1.35. The fourth-order valence-corrected chi connectivity index (χ4v) is 1.63. The van der Waals surface area contributed by atoms with E-state index in [1.165, 1.54) is 0 Å². The number of rotatable bonds is 2. The van der Waals surface area contributed by atoms with E-state index in [1.54, 1.807) is 24.5 Å². The number of benzene rings is 1. The minimum Gasteiger partial charge on any atom is -0.314 e. The maximum absolute atomic E-state index is 8.73. The van der Waals surface area contributed by atoms with Gasteiger partial charge in [-0.1, -0.05) is 0 Å². The van der Waals surface area contributed by atoms with Gasteiger partial charge in [-0.2, -0.15) is 5.26 Å². The van der Waals surface area contributed by atoms with E-state index in [-0.39, 0.29) is 0 Å². The molecule has 1 aromatic carbocycles. The van der Waals surface area contributed by atoms with Gasteiger partial charge >= 0.3 is 0 Å². The van der Waals surface area contributed by atoms with Crippen molar-refractivity contribution in [2.75, 3.05) is 11.9 Å². The highest BCUT2D eigenvalue weighted by atomic mass is 127. The zero-order valence-corrected chi connectivity index (χ0v) is 11.3. The first-order valence-corrected chi connectivity index (χ1v) is 6.00. The first kappa shape index (κ1) is 11.8. The molecule has 0 radical (unpaired) electrons. The van der Waals surface area contributed by atoms with Crippen molar-refractivity contribution in [3.63, 3.8) is 0 Å². The van der Waals surface area contributed by atoms with Crippen molar-refractivity contribution in [1.29, 1.82) is 5.26 Å². The van der Waals surface area contributed by atoms with Crippen LogP contribution >= 0.6 is 22.6 Å². The van der Waals surface area contributed by atoms with E-state index in [2.05, 4.69) is 38.6 Å². The van der Waals surface area contributed by atoms with E-state index in [1.807, 2.05) is 24.1 Å². The van der Waals surface area contributed by atoms with E-state index in [9.17, 15) is 0 Å². The molecule has 0 aliphatic carbocycles. The largest absolute Gasteiger partial charge is 0.314 e. The van der Waals surface area contributed by atoms with Gasteiger partial charge in [-0.05, 0) is 46.9 Å². The van der Waals surface area contributed by atoms with E-state index < -0.39 is 0 Å². The lowest BCUT2D eigenvalue weighted by molar-refractivity contribution is 1.03. The molecule has 0 N–H and O–H groups in total. The third-order valence-electron chi connectivity index (χ3n) is 2.29. The van der Waals surface area contributed by atoms with E-state index in [0.717, 1.165) is 9.26 Å². The smallest absolute Gasteiger partial charge is 0.229 e. The SMILES string of the molecule is CN(c1ccc(C#N)cc1)c1ncc(I)cn1. The molecule has 0 bridgehead atoms. The Morgan fingerprint density at radius 1 is 1.18 bits per heavy atom. The molecule has 5 heteroatoms. The zero-order valence-electron chi connectivity index (χ0n) is 9.13. The van der Waals surface area contributed by atoms with E-state index in [0.29, 0.717) is 11.5 Å². The lowest BCUT2D eigenvalue weighted by Gasteiger charge is -2.16. The third-order valence-corrected chi connectivity index (χ3v) is 2.85. The van der Waals surface area contributed by atoms with Crippen molar-refractivity contribution in [2.24, 2.45) is 0 Å². The minimum atomic E-state index is 0.634. The summed E-state index contributed by atoms with van der Waals surface area (Å²) in [6.07, 6.45) is 3.53. The second kappa shape index (κ2) is 5.10. The molecule has 0 fully saturated rings. The van der Waals surface area contributed by atoms with Crippen LogP contribution in [0.2, 0.25) is 0 Å². The van der Waals surface area contributed by atoms with Crippen LogP contribution in [-0.2, 0) is 0 Å². The van der Waals surface area contributed by atoms with Gasteiger partial charge in [0.25, 0.3) is 0 Å². The van der Waals surface area contributed by atoms with Gasteiger partial charge in [-0.15, -0.1) is 0 Å². The normalized spacial score (nSPS) is 9.71. The molecule has 0 aliphatic heterocycles. The van der Waals surface area contributed by atoms with Crippen molar-refractivity contribution in [1.82, 2.24) is 9.97 Å². The van der Waals surface area contributed by atoms with Crippen LogP contribution in [0.5, 0.6) is 0 Å². The van der Waals surface area contributed by atoms with Crippen LogP contribution in [0.4, 0.5) is 11.6 Å². The summed E-state index contributed by atoms with van der Waals surface area (Å²) in [6, 6.07) is 9.39. The van der Waals surface area contributed by atoms with Gasteiger partial charge < -0.3 is 4.90 Å². The van der Waals surface area contributed by atoms with Crippen LogP contribution in [0.25, 0.3) is 0 Å². The first-order chi connectivity index (χ1) is 8.20. The number of halogens is 1. The molecule has 1 heterocycles. The topological polar surface area (TPSA) is 52.8 Å². The Morgan fingerprint density at radius 2 is 1.76 bits per heavy atom. The lowest BCUT2D eigenvalue weighted by atomic mass is 10.2. The molecule has 0 unspecified atom stereocenters. The van der Waals surface area contributed by atoms with Gasteiger partial charge in [0.1, 0.15) is 0 Å². The second-order valence-electron chi connectivity index (χ2n) is 3.42. The van der Waals surface area contributed by atoms with Crippen LogP contribution in [-0.4, -0.2) is 17.0 Å². The molecule has 0 amide bonds. The summed E-state index contributed by atoms with van der Waals surface area (Å²) in [4.78, 5) is 10.4. The average molecular weight is 336 g/mol. The molecule has 0 atom stereocenters. The highest BCUT2D eigenvalue weighted by molar-refractivity contribution is 14.1. The summed E-state index contributed by atoms with van der Waals surface area (Å²) in [7, 11) is 1.89. The summed E-state index contributed by atoms with van der Waals surface area (Å²) in [6.45, 7) is 0. The number of hydrogen-bond acceptors (Lipinski definition) is 4. The Morgan fingerprint density at radius 3 is 2.29 bits per heavy atom. The van der Waals surface area contributed by atoms with Gasteiger partial charge in [-0.3, -0.25) is 0 Å². The maximum Gasteiger partial charge on any atom is 0.229 e. The van der Waals surface area contributed by atoms with Gasteiger partial charge in [0.15, 0.2) is 0 Å². The molecule has 0 saturated heterocycles. The standard InChI is InChI=1S/C12H9IN4/c1-17(12-15-7-10(13)8-16-12)11-4-2-9(6-14)3-5-11/h2-5,7-8H,1H3. The minimum absolute atomic E-state index is 0.634. The van der Waals surface area contributed by atoms with Crippen molar-refractivity contribution in [2.45, 2.75) is 0 Å². The van der Waals surface area contributed by atoms with Crippen LogP contribution in [0.3, 0.4) is 0 Å². The first-order valence-electron chi connectivity index (χ1n) is 4.92. The molecule has 1 aromatic heterocycles. The summed E-state index contributed by atoms with van der Waals surface area (Å²) in [5.41, 5.74) is 1.59. The second-order valence-corrected chi connectivity index (χ2v) is 4.66. The maximum atomic E-state index is 8.73. The quantitative estimate of drug-likeness (QED) is 0.792. The Hall–Kier alpha value is -1.68. The summed E-state index contributed by atoms with van der Waals surface area (Å²) in [5, 5.41) is 8.73. The monoisotopic (exact) mass is 336 g/mol. The molecule has 2 aromatic rings. The molecule has 2 rings (SSSR count). The molecule has 4 nitrogen and oxygen atoms in total. The third kappa shape index (κ3) is 2.71. The average Bonchev–Trinajstić information content (AvgIpc) is 2.39. The molecule has 17 heavy (non-hydrogen) atoms. The number of anilines is 2. The molecular formula is C12H9IN4. The number of aromatic nitrogens is 2. The van der Waals surface area contributed by atoms with Crippen LogP contribution in [0.1, 0.15) is 5.56 Å². The number of nitrogens with zero attached hydrogens (tertiary/aromatic N) is 4. The van der Waals surface area contributed by atoms with Crippen LogP contribution in [0, 0.1) is 14.9 Å².